The van der Waals surface area contributed by atoms with Crippen LogP contribution >= 0.6 is 0 Å². The number of allylic oxidation sites excluding steroid dienone is 5. The standard InChI is InChI=1S/C13H16O4/c1-5-6-7-11(8-9(2)12(14)15)10(3)13(16)17-4/h5-8H,1H2,2-4H3,(H,14,15). The second-order valence-electron chi connectivity index (χ2n) is 3.30. The fourth-order valence-electron chi connectivity index (χ4n) is 1.02. The summed E-state index contributed by atoms with van der Waals surface area (Å²) in [5.41, 5.74) is 0.958. The molecule has 0 aliphatic heterocycles. The van der Waals surface area contributed by atoms with Gasteiger partial charge in [0, 0.05) is 11.1 Å². The van der Waals surface area contributed by atoms with Gasteiger partial charge < -0.3 is 9.84 Å². The minimum atomic E-state index is -1.04. The Kier molecular flexibility index (Phi) is 6.33. The monoisotopic (exact) mass is 236 g/mol. The van der Waals surface area contributed by atoms with Gasteiger partial charge in [0.05, 0.1) is 7.11 Å². The zero-order valence-electron chi connectivity index (χ0n) is 10.2. The minimum absolute atomic E-state index is 0.136. The maximum atomic E-state index is 11.4. The quantitative estimate of drug-likeness (QED) is 0.451. The number of carboxylic acid groups (broad SMARTS) is 1. The number of methoxy groups -OCH3 is 1. The van der Waals surface area contributed by atoms with Crippen molar-refractivity contribution in [2.45, 2.75) is 13.8 Å². The fraction of sp³-hybridized carbons (Fsp3) is 0.231. The summed E-state index contributed by atoms with van der Waals surface area (Å²) in [6.45, 7) is 6.53. The van der Waals surface area contributed by atoms with Gasteiger partial charge in [-0.2, -0.15) is 0 Å². The number of hydrogen-bond acceptors (Lipinski definition) is 3. The van der Waals surface area contributed by atoms with Gasteiger partial charge in [-0.15, -0.1) is 0 Å². The molecule has 0 saturated heterocycles. The molecule has 0 amide bonds. The van der Waals surface area contributed by atoms with E-state index >= 15 is 0 Å². The van der Waals surface area contributed by atoms with Crippen LogP contribution in [0.2, 0.25) is 0 Å². The Labute approximate surface area is 101 Å². The van der Waals surface area contributed by atoms with Crippen LogP contribution in [0.1, 0.15) is 13.8 Å². The number of aliphatic carboxylic acids is 1. The number of rotatable bonds is 5. The molecule has 0 aromatic heterocycles. The number of esters is 1. The predicted octanol–water partition coefficient (Wildman–Crippen LogP) is 2.25. The molecule has 0 aliphatic carbocycles. The molecule has 4 nitrogen and oxygen atoms in total. The molecule has 0 fully saturated rings. The van der Waals surface area contributed by atoms with Crippen LogP contribution in [0.4, 0.5) is 0 Å². The van der Waals surface area contributed by atoms with E-state index in [4.69, 9.17) is 5.11 Å². The summed E-state index contributed by atoms with van der Waals surface area (Å²) in [5, 5.41) is 8.78. The topological polar surface area (TPSA) is 63.6 Å². The number of hydrogen-bond donors (Lipinski definition) is 1. The van der Waals surface area contributed by atoms with Crippen LogP contribution in [0.15, 0.2) is 47.6 Å². The van der Waals surface area contributed by atoms with Crippen LogP contribution in [0.25, 0.3) is 0 Å². The molecule has 0 heterocycles. The van der Waals surface area contributed by atoms with Gasteiger partial charge in [-0.25, -0.2) is 9.59 Å². The molecule has 0 atom stereocenters. The number of carbonyl (C=O) groups excluding carboxylic acids is 1. The maximum Gasteiger partial charge on any atom is 0.334 e. The van der Waals surface area contributed by atoms with Gasteiger partial charge in [0.25, 0.3) is 0 Å². The lowest BCUT2D eigenvalue weighted by Gasteiger charge is -2.03. The summed E-state index contributed by atoms with van der Waals surface area (Å²) in [4.78, 5) is 22.1. The van der Waals surface area contributed by atoms with E-state index in [0.717, 1.165) is 0 Å². The molecule has 0 spiro atoms. The summed E-state index contributed by atoms with van der Waals surface area (Å²) in [7, 11) is 1.27. The Balaban J connectivity index is 5.50. The molecule has 0 saturated carbocycles. The maximum absolute atomic E-state index is 11.4. The largest absolute Gasteiger partial charge is 0.478 e. The van der Waals surface area contributed by atoms with E-state index in [1.807, 2.05) is 0 Å². The van der Waals surface area contributed by atoms with Crippen molar-refractivity contribution in [2.75, 3.05) is 7.11 Å². The molecule has 0 aromatic rings. The van der Waals surface area contributed by atoms with Crippen molar-refractivity contribution in [3.8, 4) is 0 Å². The first-order valence-electron chi connectivity index (χ1n) is 4.94. The van der Waals surface area contributed by atoms with Gasteiger partial charge in [0.1, 0.15) is 0 Å². The molecular weight excluding hydrogens is 220 g/mol. The lowest BCUT2D eigenvalue weighted by molar-refractivity contribution is -0.136. The Bertz CT molecular complexity index is 411. The van der Waals surface area contributed by atoms with Gasteiger partial charge in [0.15, 0.2) is 0 Å². The number of carboxylic acids is 1. The first-order chi connectivity index (χ1) is 7.93. The normalized spacial score (nSPS) is 13.2. The van der Waals surface area contributed by atoms with Crippen LogP contribution in [0.5, 0.6) is 0 Å². The van der Waals surface area contributed by atoms with Crippen LogP contribution in [0.3, 0.4) is 0 Å². The third-order valence-corrected chi connectivity index (χ3v) is 2.05. The lowest BCUT2D eigenvalue weighted by atomic mass is 10.1. The molecule has 1 N–H and O–H groups in total. The van der Waals surface area contributed by atoms with Crippen molar-refractivity contribution in [1.29, 1.82) is 0 Å². The molecule has 0 radical (unpaired) electrons. The average Bonchev–Trinajstić information content (AvgIpc) is 2.31. The molecule has 92 valence electrons. The summed E-state index contributed by atoms with van der Waals surface area (Å²) in [6.07, 6.45) is 6.17. The molecule has 0 bridgehead atoms. The molecule has 0 unspecified atom stereocenters. The predicted molar refractivity (Wildman–Crippen MR) is 65.4 cm³/mol. The smallest absolute Gasteiger partial charge is 0.334 e. The van der Waals surface area contributed by atoms with Crippen molar-refractivity contribution in [3.05, 3.63) is 47.6 Å². The third kappa shape index (κ3) is 4.97. The van der Waals surface area contributed by atoms with Gasteiger partial charge in [-0.05, 0) is 25.5 Å². The van der Waals surface area contributed by atoms with E-state index in [9.17, 15) is 9.59 Å². The molecule has 0 aliphatic rings. The highest BCUT2D eigenvalue weighted by atomic mass is 16.5. The van der Waals surface area contributed by atoms with Gasteiger partial charge in [-0.1, -0.05) is 24.8 Å². The Morgan fingerprint density at radius 1 is 1.29 bits per heavy atom. The van der Waals surface area contributed by atoms with Gasteiger partial charge in [-0.3, -0.25) is 0 Å². The first kappa shape index (κ1) is 14.9. The number of carbonyl (C=O) groups is 2. The Hall–Kier alpha value is -2.10. The van der Waals surface area contributed by atoms with Crippen molar-refractivity contribution in [3.63, 3.8) is 0 Å². The number of ether oxygens (including phenoxy) is 1. The van der Waals surface area contributed by atoms with E-state index in [0.29, 0.717) is 11.1 Å². The fourth-order valence-corrected chi connectivity index (χ4v) is 1.02. The van der Waals surface area contributed by atoms with Crippen LogP contribution in [-0.2, 0) is 14.3 Å². The van der Waals surface area contributed by atoms with Crippen molar-refractivity contribution >= 4 is 11.9 Å². The second-order valence-corrected chi connectivity index (χ2v) is 3.30. The van der Waals surface area contributed by atoms with Crippen molar-refractivity contribution in [2.24, 2.45) is 0 Å². The lowest BCUT2D eigenvalue weighted by Crippen LogP contribution is -2.04. The molecule has 0 rings (SSSR count). The summed E-state index contributed by atoms with van der Waals surface area (Å²) in [5.74, 6) is -1.53. The van der Waals surface area contributed by atoms with Crippen LogP contribution < -0.4 is 0 Å². The van der Waals surface area contributed by atoms with E-state index in [-0.39, 0.29) is 5.57 Å². The van der Waals surface area contributed by atoms with Gasteiger partial charge >= 0.3 is 11.9 Å². The highest BCUT2D eigenvalue weighted by Crippen LogP contribution is 2.12. The second kappa shape index (κ2) is 7.22. The molecule has 0 aromatic carbocycles. The summed E-state index contributed by atoms with van der Waals surface area (Å²) in [6, 6.07) is 0. The van der Waals surface area contributed by atoms with Crippen LogP contribution in [0, 0.1) is 0 Å². The zero-order valence-corrected chi connectivity index (χ0v) is 10.2. The first-order valence-corrected chi connectivity index (χ1v) is 4.94. The molecular formula is C13H16O4. The summed E-state index contributed by atoms with van der Waals surface area (Å²) < 4.78 is 4.58. The van der Waals surface area contributed by atoms with E-state index < -0.39 is 11.9 Å². The minimum Gasteiger partial charge on any atom is -0.478 e. The third-order valence-electron chi connectivity index (χ3n) is 2.05. The van der Waals surface area contributed by atoms with E-state index in [2.05, 4.69) is 11.3 Å². The Morgan fingerprint density at radius 2 is 1.88 bits per heavy atom. The Morgan fingerprint density at radius 3 is 2.29 bits per heavy atom. The SMILES string of the molecule is C=CC=CC(C=C(C)C(=O)O)=C(C)C(=O)OC. The summed E-state index contributed by atoms with van der Waals surface area (Å²) >= 11 is 0. The molecule has 17 heavy (non-hydrogen) atoms. The van der Waals surface area contributed by atoms with Crippen LogP contribution in [-0.4, -0.2) is 24.2 Å². The van der Waals surface area contributed by atoms with Gasteiger partial charge in [0.2, 0.25) is 0 Å². The van der Waals surface area contributed by atoms with Crippen molar-refractivity contribution < 1.29 is 19.4 Å². The van der Waals surface area contributed by atoms with E-state index in [1.165, 1.54) is 26.2 Å². The van der Waals surface area contributed by atoms with E-state index in [1.54, 1.807) is 19.1 Å². The molecule has 4 heteroatoms. The zero-order chi connectivity index (χ0) is 13.4. The van der Waals surface area contributed by atoms with Crippen molar-refractivity contribution in [1.82, 2.24) is 0 Å². The highest BCUT2D eigenvalue weighted by molar-refractivity contribution is 5.91. The highest BCUT2D eigenvalue weighted by Gasteiger charge is 2.09. The average molecular weight is 236 g/mol.